The zero-order valence-corrected chi connectivity index (χ0v) is 13.3. The molecule has 1 heterocycles. The van der Waals surface area contributed by atoms with Crippen molar-refractivity contribution in [3.8, 4) is 0 Å². The van der Waals surface area contributed by atoms with Crippen molar-refractivity contribution in [2.45, 2.75) is 5.92 Å². The highest BCUT2D eigenvalue weighted by Crippen LogP contribution is 2.20. The molecule has 3 rings (SSSR count). The summed E-state index contributed by atoms with van der Waals surface area (Å²) in [5.41, 5.74) is 8.10. The summed E-state index contributed by atoms with van der Waals surface area (Å²) >= 11 is 0. The van der Waals surface area contributed by atoms with Crippen LogP contribution in [0.15, 0.2) is 60.7 Å². The molecule has 0 bridgehead atoms. The third kappa shape index (κ3) is 3.54. The smallest absolute Gasteiger partial charge is 0.231 e. The molecule has 0 spiro atoms. The summed E-state index contributed by atoms with van der Waals surface area (Å²) < 4.78 is 0. The van der Waals surface area contributed by atoms with Crippen molar-refractivity contribution in [2.24, 2.45) is 5.73 Å². The molecule has 0 aliphatic carbocycles. The Balaban J connectivity index is 1.64. The Morgan fingerprint density at radius 1 is 0.913 bits per heavy atom. The van der Waals surface area contributed by atoms with Crippen molar-refractivity contribution in [1.82, 2.24) is 4.90 Å². The van der Waals surface area contributed by atoms with Gasteiger partial charge in [0.1, 0.15) is 0 Å². The van der Waals surface area contributed by atoms with Crippen molar-refractivity contribution in [1.29, 1.82) is 0 Å². The molecule has 4 heteroatoms. The van der Waals surface area contributed by atoms with Crippen molar-refractivity contribution < 1.29 is 4.79 Å². The zero-order chi connectivity index (χ0) is 16.1. The molecule has 0 aromatic heterocycles. The first kappa shape index (κ1) is 15.6. The minimum Gasteiger partial charge on any atom is -0.368 e. The predicted molar refractivity (Wildman–Crippen MR) is 93.5 cm³/mol. The van der Waals surface area contributed by atoms with Crippen LogP contribution in [0.3, 0.4) is 0 Å². The van der Waals surface area contributed by atoms with Crippen LogP contribution in [0, 0.1) is 0 Å². The lowest BCUT2D eigenvalue weighted by atomic mass is 9.97. The van der Waals surface area contributed by atoms with Gasteiger partial charge in [0.25, 0.3) is 0 Å². The molecule has 2 N–H and O–H groups in total. The fraction of sp³-hybridized carbons (Fsp3) is 0.316. The van der Waals surface area contributed by atoms with Crippen LogP contribution in [-0.2, 0) is 4.79 Å². The number of para-hydroxylation sites is 1. The molecule has 1 aliphatic heterocycles. The number of nitrogens with two attached hydrogens (primary N) is 1. The third-order valence-electron chi connectivity index (χ3n) is 4.45. The van der Waals surface area contributed by atoms with E-state index in [1.165, 1.54) is 5.69 Å². The maximum Gasteiger partial charge on any atom is 0.231 e. The van der Waals surface area contributed by atoms with Gasteiger partial charge >= 0.3 is 0 Å². The summed E-state index contributed by atoms with van der Waals surface area (Å²) in [7, 11) is 0. The van der Waals surface area contributed by atoms with Crippen molar-refractivity contribution >= 4 is 11.6 Å². The van der Waals surface area contributed by atoms with Crippen LogP contribution in [0.25, 0.3) is 0 Å². The average molecular weight is 309 g/mol. The molecule has 2 aromatic rings. The number of hydrogen-bond acceptors (Lipinski definition) is 3. The number of anilines is 1. The van der Waals surface area contributed by atoms with Crippen LogP contribution in [0.1, 0.15) is 11.5 Å². The number of hydrogen-bond donors (Lipinski definition) is 1. The van der Waals surface area contributed by atoms with Gasteiger partial charge in [-0.1, -0.05) is 48.5 Å². The summed E-state index contributed by atoms with van der Waals surface area (Å²) in [6.45, 7) is 3.57. The van der Waals surface area contributed by atoms with Gasteiger partial charge < -0.3 is 15.5 Å². The van der Waals surface area contributed by atoms with Crippen LogP contribution >= 0.6 is 0 Å². The van der Waals surface area contributed by atoms with E-state index >= 15 is 0 Å². The van der Waals surface area contributed by atoms with Gasteiger partial charge in [0.05, 0.1) is 5.92 Å². The summed E-state index contributed by atoms with van der Waals surface area (Å²) in [6.07, 6.45) is 0. The Kier molecular flexibility index (Phi) is 4.93. The second-order valence-electron chi connectivity index (χ2n) is 5.85. The minimum absolute atomic E-state index is 0.145. The average Bonchev–Trinajstić information content (AvgIpc) is 2.64. The molecule has 0 radical (unpaired) electrons. The normalized spacial score (nSPS) is 16.2. The van der Waals surface area contributed by atoms with E-state index in [-0.39, 0.29) is 11.8 Å². The highest BCUT2D eigenvalue weighted by molar-refractivity contribution is 5.84. The SMILES string of the molecule is NCC(C(=O)N1CCN(c2ccccc2)CC1)c1ccccc1. The van der Waals surface area contributed by atoms with Crippen LogP contribution in [0.2, 0.25) is 0 Å². The lowest BCUT2D eigenvalue weighted by Gasteiger charge is -2.37. The Hall–Kier alpha value is -2.33. The Labute approximate surface area is 137 Å². The van der Waals surface area contributed by atoms with E-state index in [1.54, 1.807) is 0 Å². The number of benzene rings is 2. The molecule has 1 saturated heterocycles. The van der Waals surface area contributed by atoms with Gasteiger partial charge in [-0.15, -0.1) is 0 Å². The lowest BCUT2D eigenvalue weighted by Crippen LogP contribution is -2.50. The standard InChI is InChI=1S/C19H23N3O/c20-15-18(16-7-3-1-4-8-16)19(23)22-13-11-21(12-14-22)17-9-5-2-6-10-17/h1-10,18H,11-15,20H2. The number of carbonyl (C=O) groups excluding carboxylic acids is 1. The summed E-state index contributed by atoms with van der Waals surface area (Å²) in [6, 6.07) is 20.2. The van der Waals surface area contributed by atoms with Crippen LogP contribution < -0.4 is 10.6 Å². The van der Waals surface area contributed by atoms with E-state index < -0.39 is 0 Å². The first-order chi connectivity index (χ1) is 11.3. The van der Waals surface area contributed by atoms with E-state index in [0.717, 1.165) is 31.7 Å². The molecular weight excluding hydrogens is 286 g/mol. The van der Waals surface area contributed by atoms with Gasteiger partial charge in [-0.3, -0.25) is 4.79 Å². The van der Waals surface area contributed by atoms with Gasteiger partial charge in [-0.2, -0.15) is 0 Å². The van der Waals surface area contributed by atoms with Crippen LogP contribution in [-0.4, -0.2) is 43.5 Å². The topological polar surface area (TPSA) is 49.6 Å². The van der Waals surface area contributed by atoms with Gasteiger partial charge in [0.15, 0.2) is 0 Å². The monoisotopic (exact) mass is 309 g/mol. The molecule has 1 amide bonds. The van der Waals surface area contributed by atoms with Crippen LogP contribution in [0.4, 0.5) is 5.69 Å². The lowest BCUT2D eigenvalue weighted by molar-refractivity contribution is -0.132. The number of nitrogens with zero attached hydrogens (tertiary/aromatic N) is 2. The molecule has 1 fully saturated rings. The van der Waals surface area contributed by atoms with E-state index in [2.05, 4.69) is 17.0 Å². The highest BCUT2D eigenvalue weighted by Gasteiger charge is 2.27. The van der Waals surface area contributed by atoms with Crippen molar-refractivity contribution in [2.75, 3.05) is 37.6 Å². The zero-order valence-electron chi connectivity index (χ0n) is 13.3. The molecule has 1 unspecified atom stereocenters. The molecule has 4 nitrogen and oxygen atoms in total. The fourth-order valence-electron chi connectivity index (χ4n) is 3.11. The maximum absolute atomic E-state index is 12.8. The molecule has 120 valence electrons. The van der Waals surface area contributed by atoms with Crippen molar-refractivity contribution in [3.63, 3.8) is 0 Å². The number of piperazine rings is 1. The molecule has 2 aromatic carbocycles. The Bertz CT molecular complexity index is 622. The highest BCUT2D eigenvalue weighted by atomic mass is 16.2. The summed E-state index contributed by atoms with van der Waals surface area (Å²) in [5, 5.41) is 0. The van der Waals surface area contributed by atoms with Gasteiger partial charge in [-0.05, 0) is 17.7 Å². The fourth-order valence-corrected chi connectivity index (χ4v) is 3.11. The second-order valence-corrected chi connectivity index (χ2v) is 5.85. The quantitative estimate of drug-likeness (QED) is 0.941. The largest absolute Gasteiger partial charge is 0.368 e. The molecule has 23 heavy (non-hydrogen) atoms. The van der Waals surface area contributed by atoms with Gasteiger partial charge in [-0.25, -0.2) is 0 Å². The van der Waals surface area contributed by atoms with E-state index in [9.17, 15) is 4.79 Å². The van der Waals surface area contributed by atoms with Gasteiger partial charge in [0, 0.05) is 38.4 Å². The molecule has 1 aliphatic rings. The number of carbonyl (C=O) groups is 1. The molecular formula is C19H23N3O. The van der Waals surface area contributed by atoms with Crippen molar-refractivity contribution in [3.05, 3.63) is 66.2 Å². The second kappa shape index (κ2) is 7.29. The number of amides is 1. The van der Waals surface area contributed by atoms with Crippen LogP contribution in [0.5, 0.6) is 0 Å². The summed E-state index contributed by atoms with van der Waals surface area (Å²) in [5.74, 6) is -0.0918. The number of rotatable bonds is 4. The van der Waals surface area contributed by atoms with Gasteiger partial charge in [0.2, 0.25) is 5.91 Å². The summed E-state index contributed by atoms with van der Waals surface area (Å²) in [4.78, 5) is 17.1. The van der Waals surface area contributed by atoms with E-state index in [0.29, 0.717) is 6.54 Å². The molecule has 1 atom stereocenters. The Morgan fingerprint density at radius 3 is 2.04 bits per heavy atom. The third-order valence-corrected chi connectivity index (χ3v) is 4.45. The predicted octanol–water partition coefficient (Wildman–Crippen LogP) is 2.08. The first-order valence-electron chi connectivity index (χ1n) is 8.13. The van der Waals surface area contributed by atoms with E-state index in [4.69, 9.17) is 5.73 Å². The van der Waals surface area contributed by atoms with E-state index in [1.807, 2.05) is 53.4 Å². The molecule has 0 saturated carbocycles. The minimum atomic E-state index is -0.237. The Morgan fingerprint density at radius 2 is 1.48 bits per heavy atom. The maximum atomic E-state index is 12.8. The first-order valence-corrected chi connectivity index (χ1v) is 8.13.